The van der Waals surface area contributed by atoms with E-state index in [1.54, 1.807) is 0 Å². The zero-order chi connectivity index (χ0) is 15.8. The number of unbranched alkanes of at least 4 members (excludes halogenated alkanes) is 12. The maximum atomic E-state index is 11.6. The van der Waals surface area contributed by atoms with E-state index in [0.29, 0.717) is 5.78 Å². The third kappa shape index (κ3) is 14.3. The molecule has 0 heterocycles. The Morgan fingerprint density at radius 3 is 1.52 bits per heavy atom. The predicted octanol–water partition coefficient (Wildman–Crippen LogP) is 5.64. The highest BCUT2D eigenvalue weighted by Gasteiger charge is 2.08. The highest BCUT2D eigenvalue weighted by Crippen LogP contribution is 2.13. The van der Waals surface area contributed by atoms with Gasteiger partial charge in [-0.05, 0) is 20.4 Å². The Labute approximate surface area is 133 Å². The minimum atomic E-state index is 0.0299. The lowest BCUT2D eigenvalue weighted by Gasteiger charge is -2.08. The summed E-state index contributed by atoms with van der Waals surface area (Å²) in [5.41, 5.74) is 0. The zero-order valence-corrected chi connectivity index (χ0v) is 14.9. The average Bonchev–Trinajstić information content (AvgIpc) is 2.50. The maximum Gasteiger partial charge on any atom is 0.149 e. The molecule has 0 unspecified atom stereocenters. The molecule has 21 heavy (non-hydrogen) atoms. The first kappa shape index (κ1) is 20.6. The van der Waals surface area contributed by atoms with Crippen molar-refractivity contribution in [1.29, 1.82) is 0 Å². The normalized spacial score (nSPS) is 12.5. The Kier molecular flexibility index (Phi) is 15.7. The first-order valence-corrected chi connectivity index (χ1v) is 9.42. The maximum absolute atomic E-state index is 11.6. The van der Waals surface area contributed by atoms with E-state index in [-0.39, 0.29) is 6.04 Å². The van der Waals surface area contributed by atoms with Crippen LogP contribution >= 0.6 is 0 Å². The van der Waals surface area contributed by atoms with Crippen molar-refractivity contribution in [3.05, 3.63) is 0 Å². The molecular weight excluding hydrogens is 258 g/mol. The van der Waals surface area contributed by atoms with E-state index in [4.69, 9.17) is 0 Å². The average molecular weight is 298 g/mol. The van der Waals surface area contributed by atoms with E-state index in [2.05, 4.69) is 12.2 Å². The van der Waals surface area contributed by atoms with Gasteiger partial charge in [0.15, 0.2) is 0 Å². The van der Waals surface area contributed by atoms with Crippen LogP contribution in [0.4, 0.5) is 0 Å². The summed E-state index contributed by atoms with van der Waals surface area (Å²) in [6, 6.07) is 0.0299. The van der Waals surface area contributed by atoms with Gasteiger partial charge >= 0.3 is 0 Å². The van der Waals surface area contributed by atoms with Crippen LogP contribution in [0.2, 0.25) is 0 Å². The van der Waals surface area contributed by atoms with E-state index >= 15 is 0 Å². The molecule has 2 heteroatoms. The summed E-state index contributed by atoms with van der Waals surface area (Å²) in [4.78, 5) is 11.6. The molecule has 0 spiro atoms. The molecule has 0 aromatic heterocycles. The number of ketones is 1. The molecular formula is C19H39NO. The number of likely N-dealkylation sites (N-methyl/N-ethyl adjacent to an activating group) is 1. The van der Waals surface area contributed by atoms with Gasteiger partial charge in [-0.1, -0.05) is 84.0 Å². The lowest BCUT2D eigenvalue weighted by atomic mass is 10.0. The second-order valence-electron chi connectivity index (χ2n) is 6.47. The highest BCUT2D eigenvalue weighted by atomic mass is 16.1. The van der Waals surface area contributed by atoms with Crippen LogP contribution in [0, 0.1) is 0 Å². The summed E-state index contributed by atoms with van der Waals surface area (Å²) < 4.78 is 0. The Bertz CT molecular complexity index is 228. The van der Waals surface area contributed by atoms with Gasteiger partial charge < -0.3 is 5.32 Å². The van der Waals surface area contributed by atoms with Crippen LogP contribution in [-0.2, 0) is 4.79 Å². The summed E-state index contributed by atoms with van der Waals surface area (Å²) in [6.07, 6.45) is 18.4. The van der Waals surface area contributed by atoms with Crippen LogP contribution in [-0.4, -0.2) is 18.9 Å². The van der Waals surface area contributed by atoms with Gasteiger partial charge in [0.05, 0.1) is 6.04 Å². The number of carbonyl (C=O) groups is 1. The van der Waals surface area contributed by atoms with E-state index in [9.17, 15) is 4.79 Å². The van der Waals surface area contributed by atoms with Gasteiger partial charge in [0.2, 0.25) is 0 Å². The van der Waals surface area contributed by atoms with Gasteiger partial charge in [-0.2, -0.15) is 0 Å². The first-order valence-electron chi connectivity index (χ1n) is 9.42. The van der Waals surface area contributed by atoms with Crippen molar-refractivity contribution >= 4 is 5.78 Å². The molecule has 126 valence electrons. The van der Waals surface area contributed by atoms with Gasteiger partial charge in [0, 0.05) is 6.42 Å². The Morgan fingerprint density at radius 2 is 1.14 bits per heavy atom. The summed E-state index contributed by atoms with van der Waals surface area (Å²) in [5, 5.41) is 3.01. The van der Waals surface area contributed by atoms with Crippen molar-refractivity contribution in [2.24, 2.45) is 0 Å². The van der Waals surface area contributed by atoms with Crippen LogP contribution in [0.3, 0.4) is 0 Å². The molecule has 0 fully saturated rings. The van der Waals surface area contributed by atoms with E-state index in [0.717, 1.165) is 12.8 Å². The quantitative estimate of drug-likeness (QED) is 0.373. The van der Waals surface area contributed by atoms with Crippen LogP contribution in [0.5, 0.6) is 0 Å². The molecule has 1 atom stereocenters. The van der Waals surface area contributed by atoms with Gasteiger partial charge in [-0.25, -0.2) is 0 Å². The molecule has 0 aliphatic carbocycles. The van der Waals surface area contributed by atoms with Crippen LogP contribution in [0.15, 0.2) is 0 Å². The summed E-state index contributed by atoms with van der Waals surface area (Å²) in [6.45, 7) is 4.22. The molecule has 0 aliphatic heterocycles. The van der Waals surface area contributed by atoms with Gasteiger partial charge in [-0.15, -0.1) is 0 Å². The molecule has 0 radical (unpaired) electrons. The fourth-order valence-electron chi connectivity index (χ4n) is 2.69. The third-order valence-electron chi connectivity index (χ3n) is 4.44. The fourth-order valence-corrected chi connectivity index (χ4v) is 2.69. The number of hydrogen-bond donors (Lipinski definition) is 1. The highest BCUT2D eigenvalue weighted by molar-refractivity contribution is 5.83. The van der Waals surface area contributed by atoms with E-state index < -0.39 is 0 Å². The number of nitrogens with one attached hydrogen (secondary N) is 1. The summed E-state index contributed by atoms with van der Waals surface area (Å²) in [7, 11) is 1.85. The summed E-state index contributed by atoms with van der Waals surface area (Å²) in [5.74, 6) is 0.362. The van der Waals surface area contributed by atoms with Gasteiger partial charge in [0.25, 0.3) is 0 Å². The molecule has 0 aromatic rings. The Morgan fingerprint density at radius 1 is 0.762 bits per heavy atom. The lowest BCUT2D eigenvalue weighted by Crippen LogP contribution is -2.30. The molecule has 0 saturated carbocycles. The largest absolute Gasteiger partial charge is 0.311 e. The molecule has 2 nitrogen and oxygen atoms in total. The van der Waals surface area contributed by atoms with E-state index in [1.807, 2.05) is 14.0 Å². The monoisotopic (exact) mass is 297 g/mol. The van der Waals surface area contributed by atoms with Crippen molar-refractivity contribution < 1.29 is 4.79 Å². The number of Topliss-reactive ketones (excluding diaryl/α,β-unsaturated/α-hetero) is 1. The van der Waals surface area contributed by atoms with Crippen LogP contribution < -0.4 is 5.32 Å². The molecule has 0 amide bonds. The lowest BCUT2D eigenvalue weighted by molar-refractivity contribution is -0.120. The van der Waals surface area contributed by atoms with Crippen LogP contribution in [0.25, 0.3) is 0 Å². The number of rotatable bonds is 16. The second-order valence-corrected chi connectivity index (χ2v) is 6.47. The molecule has 0 aliphatic rings. The summed E-state index contributed by atoms with van der Waals surface area (Å²) >= 11 is 0. The number of hydrogen-bond acceptors (Lipinski definition) is 2. The Balaban J connectivity index is 3.11. The van der Waals surface area contributed by atoms with Crippen molar-refractivity contribution in [2.45, 2.75) is 110 Å². The molecule has 0 rings (SSSR count). The molecule has 0 aromatic carbocycles. The Hall–Kier alpha value is -0.370. The van der Waals surface area contributed by atoms with Crippen molar-refractivity contribution in [3.63, 3.8) is 0 Å². The van der Waals surface area contributed by atoms with Crippen molar-refractivity contribution in [3.8, 4) is 0 Å². The third-order valence-corrected chi connectivity index (χ3v) is 4.44. The SMILES string of the molecule is CCCCCCCCCCCCCCCC(=O)[C@H](C)NC. The van der Waals surface area contributed by atoms with Crippen molar-refractivity contribution in [1.82, 2.24) is 5.32 Å². The van der Waals surface area contributed by atoms with Crippen molar-refractivity contribution in [2.75, 3.05) is 7.05 Å². The van der Waals surface area contributed by atoms with Crippen LogP contribution in [0.1, 0.15) is 104 Å². The minimum absolute atomic E-state index is 0.0299. The van der Waals surface area contributed by atoms with E-state index in [1.165, 1.54) is 77.0 Å². The molecule has 1 N–H and O–H groups in total. The predicted molar refractivity (Wildman–Crippen MR) is 93.8 cm³/mol. The smallest absolute Gasteiger partial charge is 0.149 e. The second kappa shape index (κ2) is 16.0. The minimum Gasteiger partial charge on any atom is -0.311 e. The number of carbonyl (C=O) groups excluding carboxylic acids is 1. The zero-order valence-electron chi connectivity index (χ0n) is 14.9. The first-order chi connectivity index (χ1) is 10.2. The molecule has 0 saturated heterocycles. The standard InChI is InChI=1S/C19H39NO/c1-4-5-6-7-8-9-10-11-12-13-14-15-16-17-19(21)18(2)20-3/h18,20H,4-17H2,1-3H3/t18-/m0/s1. The molecule has 0 bridgehead atoms. The fraction of sp³-hybridized carbons (Fsp3) is 0.947. The van der Waals surface area contributed by atoms with Gasteiger partial charge in [-0.3, -0.25) is 4.79 Å². The topological polar surface area (TPSA) is 29.1 Å². The van der Waals surface area contributed by atoms with Gasteiger partial charge in [0.1, 0.15) is 5.78 Å².